The predicted molar refractivity (Wildman–Crippen MR) is 70.9 cm³/mol. The number of aliphatic hydroxyl groups is 1. The molecule has 0 radical (unpaired) electrons. The molecule has 0 bridgehead atoms. The number of methoxy groups -OCH3 is 1. The zero-order chi connectivity index (χ0) is 13.0. The molecule has 2 aromatic rings. The summed E-state index contributed by atoms with van der Waals surface area (Å²) in [6, 6.07) is 10.9. The summed E-state index contributed by atoms with van der Waals surface area (Å²) in [5, 5.41) is 10.8. The minimum Gasteiger partial charge on any atom is -0.496 e. The largest absolute Gasteiger partial charge is 0.496 e. The molecule has 1 aromatic carbocycles. The molecule has 1 atom stereocenters. The van der Waals surface area contributed by atoms with Gasteiger partial charge in [-0.3, -0.25) is 4.98 Å². The summed E-state index contributed by atoms with van der Waals surface area (Å²) in [6.07, 6.45) is 1.37. The molecule has 94 valence electrons. The van der Waals surface area contributed by atoms with Crippen LogP contribution >= 0.6 is 11.6 Å². The number of aromatic nitrogens is 1. The van der Waals surface area contributed by atoms with Gasteiger partial charge in [0.2, 0.25) is 0 Å². The molecule has 0 saturated carbocycles. The Morgan fingerprint density at radius 1 is 1.28 bits per heavy atom. The van der Waals surface area contributed by atoms with Crippen molar-refractivity contribution in [3.05, 3.63) is 58.9 Å². The molecule has 2 rings (SSSR count). The summed E-state index contributed by atoms with van der Waals surface area (Å²) in [5.74, 6) is 0.589. The fourth-order valence-corrected chi connectivity index (χ4v) is 2.13. The van der Waals surface area contributed by atoms with Gasteiger partial charge in [-0.2, -0.15) is 0 Å². The quantitative estimate of drug-likeness (QED) is 0.922. The maximum Gasteiger partial charge on any atom is 0.126 e. The summed E-state index contributed by atoms with van der Waals surface area (Å²) in [7, 11) is 1.56. The standard InChI is InChI=1S/C14H14ClNO2/c1-18-13-7-4-6-11(15)14(13)12(17)9-10-5-2-3-8-16-10/h2-8,12,17H,9H2,1H3. The van der Waals surface area contributed by atoms with Crippen LogP contribution in [-0.4, -0.2) is 17.2 Å². The second-order valence-corrected chi connectivity index (χ2v) is 4.30. The van der Waals surface area contributed by atoms with Crippen molar-refractivity contribution in [2.75, 3.05) is 7.11 Å². The zero-order valence-corrected chi connectivity index (χ0v) is 10.8. The van der Waals surface area contributed by atoms with E-state index in [9.17, 15) is 5.11 Å². The monoisotopic (exact) mass is 263 g/mol. The van der Waals surface area contributed by atoms with Crippen molar-refractivity contribution in [3.8, 4) is 5.75 Å². The average molecular weight is 264 g/mol. The van der Waals surface area contributed by atoms with Crippen molar-refractivity contribution >= 4 is 11.6 Å². The fourth-order valence-electron chi connectivity index (χ4n) is 1.84. The van der Waals surface area contributed by atoms with E-state index in [0.29, 0.717) is 22.8 Å². The topological polar surface area (TPSA) is 42.4 Å². The SMILES string of the molecule is COc1cccc(Cl)c1C(O)Cc1ccccn1. The number of ether oxygens (including phenoxy) is 1. The third-order valence-corrected chi connectivity index (χ3v) is 3.02. The van der Waals surface area contributed by atoms with Crippen LogP contribution in [0.15, 0.2) is 42.6 Å². The van der Waals surface area contributed by atoms with Crippen LogP contribution in [0, 0.1) is 0 Å². The Hall–Kier alpha value is -1.58. The Bertz CT molecular complexity index is 516. The van der Waals surface area contributed by atoms with E-state index in [1.165, 1.54) is 0 Å². The van der Waals surface area contributed by atoms with Crippen molar-refractivity contribution in [3.63, 3.8) is 0 Å². The molecule has 0 aliphatic heterocycles. The highest BCUT2D eigenvalue weighted by Crippen LogP contribution is 2.33. The summed E-state index contributed by atoms with van der Waals surface area (Å²) in [6.45, 7) is 0. The van der Waals surface area contributed by atoms with Gasteiger partial charge in [0.25, 0.3) is 0 Å². The third kappa shape index (κ3) is 2.81. The molecular weight excluding hydrogens is 250 g/mol. The lowest BCUT2D eigenvalue weighted by atomic mass is 10.0. The van der Waals surface area contributed by atoms with Crippen LogP contribution in [0.5, 0.6) is 5.75 Å². The van der Waals surface area contributed by atoms with Crippen molar-refractivity contribution in [2.24, 2.45) is 0 Å². The Labute approximate surface area is 111 Å². The first-order chi connectivity index (χ1) is 8.72. The van der Waals surface area contributed by atoms with Crippen molar-refractivity contribution in [1.29, 1.82) is 0 Å². The normalized spacial score (nSPS) is 12.2. The molecule has 1 unspecified atom stereocenters. The number of halogens is 1. The van der Waals surface area contributed by atoms with Gasteiger partial charge in [-0.1, -0.05) is 23.7 Å². The van der Waals surface area contributed by atoms with E-state index < -0.39 is 6.10 Å². The summed E-state index contributed by atoms with van der Waals surface area (Å²) in [4.78, 5) is 4.19. The van der Waals surface area contributed by atoms with Crippen molar-refractivity contribution in [1.82, 2.24) is 4.98 Å². The van der Waals surface area contributed by atoms with Gasteiger partial charge in [0, 0.05) is 23.9 Å². The van der Waals surface area contributed by atoms with E-state index in [4.69, 9.17) is 16.3 Å². The van der Waals surface area contributed by atoms with E-state index in [1.54, 1.807) is 31.5 Å². The Morgan fingerprint density at radius 3 is 2.78 bits per heavy atom. The van der Waals surface area contributed by atoms with Crippen LogP contribution in [-0.2, 0) is 6.42 Å². The van der Waals surface area contributed by atoms with Crippen LogP contribution in [0.1, 0.15) is 17.4 Å². The fraction of sp³-hybridized carbons (Fsp3) is 0.214. The minimum absolute atomic E-state index is 0.404. The highest BCUT2D eigenvalue weighted by atomic mass is 35.5. The zero-order valence-electron chi connectivity index (χ0n) is 10.0. The second-order valence-electron chi connectivity index (χ2n) is 3.90. The first-order valence-electron chi connectivity index (χ1n) is 5.62. The van der Waals surface area contributed by atoms with Gasteiger partial charge in [-0.05, 0) is 24.3 Å². The molecule has 4 heteroatoms. The van der Waals surface area contributed by atoms with E-state index >= 15 is 0 Å². The number of aliphatic hydroxyl groups excluding tert-OH is 1. The molecule has 0 amide bonds. The Kier molecular flexibility index (Phi) is 4.18. The number of benzene rings is 1. The number of nitrogens with zero attached hydrogens (tertiary/aromatic N) is 1. The molecule has 0 aliphatic carbocycles. The molecular formula is C14H14ClNO2. The molecule has 0 fully saturated rings. The van der Waals surface area contributed by atoms with E-state index in [1.807, 2.05) is 18.2 Å². The van der Waals surface area contributed by atoms with Gasteiger partial charge in [0.15, 0.2) is 0 Å². The van der Waals surface area contributed by atoms with E-state index in [0.717, 1.165) is 5.69 Å². The number of pyridine rings is 1. The maximum atomic E-state index is 10.3. The highest BCUT2D eigenvalue weighted by Gasteiger charge is 2.17. The average Bonchev–Trinajstić information content (AvgIpc) is 2.39. The number of hydrogen-bond donors (Lipinski definition) is 1. The first kappa shape index (κ1) is 12.9. The van der Waals surface area contributed by atoms with E-state index in [2.05, 4.69) is 4.98 Å². The lowest BCUT2D eigenvalue weighted by Gasteiger charge is -2.15. The van der Waals surface area contributed by atoms with E-state index in [-0.39, 0.29) is 0 Å². The Balaban J connectivity index is 2.26. The second kappa shape index (κ2) is 5.85. The predicted octanol–water partition coefficient (Wildman–Crippen LogP) is 3.02. The lowest BCUT2D eigenvalue weighted by Crippen LogP contribution is -2.06. The van der Waals surface area contributed by atoms with Crippen LogP contribution in [0.25, 0.3) is 0 Å². The molecule has 0 saturated heterocycles. The van der Waals surface area contributed by atoms with Crippen LogP contribution in [0.3, 0.4) is 0 Å². The van der Waals surface area contributed by atoms with Gasteiger partial charge in [-0.15, -0.1) is 0 Å². The molecule has 0 aliphatic rings. The smallest absolute Gasteiger partial charge is 0.126 e. The first-order valence-corrected chi connectivity index (χ1v) is 6.00. The van der Waals surface area contributed by atoms with Gasteiger partial charge in [0.1, 0.15) is 5.75 Å². The molecule has 1 heterocycles. The number of hydrogen-bond acceptors (Lipinski definition) is 3. The minimum atomic E-state index is -0.733. The van der Waals surface area contributed by atoms with Gasteiger partial charge in [0.05, 0.1) is 18.2 Å². The molecule has 18 heavy (non-hydrogen) atoms. The summed E-state index contributed by atoms with van der Waals surface area (Å²) < 4.78 is 5.22. The van der Waals surface area contributed by atoms with Crippen LogP contribution < -0.4 is 4.74 Å². The lowest BCUT2D eigenvalue weighted by molar-refractivity contribution is 0.173. The van der Waals surface area contributed by atoms with Crippen molar-refractivity contribution < 1.29 is 9.84 Å². The van der Waals surface area contributed by atoms with Gasteiger partial charge < -0.3 is 9.84 Å². The molecule has 0 spiro atoms. The molecule has 1 aromatic heterocycles. The third-order valence-electron chi connectivity index (χ3n) is 2.69. The molecule has 1 N–H and O–H groups in total. The molecule has 3 nitrogen and oxygen atoms in total. The maximum absolute atomic E-state index is 10.3. The summed E-state index contributed by atoms with van der Waals surface area (Å²) in [5.41, 5.74) is 1.42. The van der Waals surface area contributed by atoms with Gasteiger partial charge in [-0.25, -0.2) is 0 Å². The number of rotatable bonds is 4. The van der Waals surface area contributed by atoms with Crippen molar-refractivity contribution in [2.45, 2.75) is 12.5 Å². The Morgan fingerprint density at radius 2 is 2.11 bits per heavy atom. The summed E-state index contributed by atoms with van der Waals surface area (Å²) >= 11 is 6.11. The van der Waals surface area contributed by atoms with Crippen LogP contribution in [0.4, 0.5) is 0 Å². The van der Waals surface area contributed by atoms with Gasteiger partial charge >= 0.3 is 0 Å². The van der Waals surface area contributed by atoms with Crippen LogP contribution in [0.2, 0.25) is 5.02 Å². The highest BCUT2D eigenvalue weighted by molar-refractivity contribution is 6.31.